The molecule has 0 fully saturated rings. The molecule has 0 radical (unpaired) electrons. The molecule has 0 saturated carbocycles. The molecule has 0 unspecified atom stereocenters. The van der Waals surface area contributed by atoms with Crippen molar-refractivity contribution in [2.75, 3.05) is 5.75 Å². The van der Waals surface area contributed by atoms with Gasteiger partial charge in [-0.2, -0.15) is 0 Å². The molecule has 2 aromatic rings. The molecular weight excluding hydrogens is 290 g/mol. The molecule has 0 amide bonds. The molecule has 0 saturated heterocycles. The molecule has 114 valence electrons. The molecule has 2 N–H and O–H groups in total. The van der Waals surface area contributed by atoms with E-state index in [1.165, 1.54) is 11.8 Å². The van der Waals surface area contributed by atoms with Crippen LogP contribution in [-0.2, 0) is 13.2 Å². The van der Waals surface area contributed by atoms with E-state index in [2.05, 4.69) is 10.2 Å². The Balaban J connectivity index is 1.95. The van der Waals surface area contributed by atoms with Gasteiger partial charge in [0, 0.05) is 18.7 Å². The summed E-state index contributed by atoms with van der Waals surface area (Å²) in [4.78, 5) is 0. The molecule has 1 aromatic heterocycles. The molecule has 0 atom stereocenters. The van der Waals surface area contributed by atoms with Crippen molar-refractivity contribution in [2.24, 2.45) is 0 Å². The van der Waals surface area contributed by atoms with Crippen LogP contribution in [0.3, 0.4) is 0 Å². The van der Waals surface area contributed by atoms with Gasteiger partial charge in [-0.15, -0.1) is 10.2 Å². The Morgan fingerprint density at radius 2 is 2.00 bits per heavy atom. The van der Waals surface area contributed by atoms with E-state index >= 15 is 0 Å². The lowest BCUT2D eigenvalue weighted by molar-refractivity contribution is -0.0404. The van der Waals surface area contributed by atoms with E-state index in [0.29, 0.717) is 18.8 Å². The maximum atomic E-state index is 8.85. The largest absolute Gasteiger partial charge is 0.486 e. The van der Waals surface area contributed by atoms with E-state index in [-0.39, 0.29) is 0 Å². The molecule has 1 heterocycles. The minimum atomic E-state index is -1.28. The van der Waals surface area contributed by atoms with Crippen LogP contribution in [-0.4, -0.2) is 37.0 Å². The predicted octanol–water partition coefficient (Wildman–Crippen LogP) is 1.67. The van der Waals surface area contributed by atoms with Gasteiger partial charge in [0.05, 0.1) is 0 Å². The monoisotopic (exact) mass is 309 g/mol. The van der Waals surface area contributed by atoms with Crippen LogP contribution in [0.2, 0.25) is 0 Å². The number of aromatic nitrogens is 3. The molecule has 0 bridgehead atoms. The summed E-state index contributed by atoms with van der Waals surface area (Å²) in [6.45, 7) is 3.11. The topological polar surface area (TPSA) is 80.4 Å². The number of ether oxygens (including phenoxy) is 1. The van der Waals surface area contributed by atoms with Crippen molar-refractivity contribution < 1.29 is 14.9 Å². The van der Waals surface area contributed by atoms with Crippen LogP contribution in [0, 0.1) is 0 Å². The van der Waals surface area contributed by atoms with Crippen molar-refractivity contribution in [2.45, 2.75) is 37.9 Å². The van der Waals surface area contributed by atoms with Crippen molar-refractivity contribution in [1.29, 1.82) is 0 Å². The standard InChI is InChI=1S/C14H19N3O3S/c1-2-17-12(10-20-11-6-4-3-5-7-11)15-16-14(17)21-9-8-13(18)19/h3-7,13,18-19H,2,8-10H2,1H3. The number of hydrogen-bond acceptors (Lipinski definition) is 6. The van der Waals surface area contributed by atoms with Gasteiger partial charge in [0.1, 0.15) is 12.4 Å². The van der Waals surface area contributed by atoms with Gasteiger partial charge in [0.25, 0.3) is 0 Å². The Hall–Kier alpha value is -1.57. The summed E-state index contributed by atoms with van der Waals surface area (Å²) in [7, 11) is 0. The number of benzene rings is 1. The Kier molecular flexibility index (Phi) is 6.04. The van der Waals surface area contributed by atoms with Crippen LogP contribution >= 0.6 is 11.8 Å². The second kappa shape index (κ2) is 8.02. The van der Waals surface area contributed by atoms with Crippen LogP contribution in [0.4, 0.5) is 0 Å². The first-order chi connectivity index (χ1) is 10.2. The summed E-state index contributed by atoms with van der Waals surface area (Å²) < 4.78 is 7.65. The summed E-state index contributed by atoms with van der Waals surface area (Å²) in [6, 6.07) is 9.56. The number of hydrogen-bond donors (Lipinski definition) is 2. The third-order valence-electron chi connectivity index (χ3n) is 2.83. The number of para-hydroxylation sites is 1. The molecule has 2 rings (SSSR count). The lowest BCUT2D eigenvalue weighted by Gasteiger charge is -2.09. The molecule has 21 heavy (non-hydrogen) atoms. The van der Waals surface area contributed by atoms with Gasteiger partial charge in [-0.3, -0.25) is 0 Å². The van der Waals surface area contributed by atoms with Crippen LogP contribution in [0.1, 0.15) is 19.2 Å². The first kappa shape index (κ1) is 15.8. The molecular formula is C14H19N3O3S. The Bertz CT molecular complexity index is 546. The maximum Gasteiger partial charge on any atom is 0.191 e. The zero-order valence-corrected chi connectivity index (χ0v) is 12.7. The van der Waals surface area contributed by atoms with Gasteiger partial charge < -0.3 is 19.5 Å². The van der Waals surface area contributed by atoms with E-state index < -0.39 is 6.29 Å². The van der Waals surface area contributed by atoms with Gasteiger partial charge in [-0.05, 0) is 19.1 Å². The van der Waals surface area contributed by atoms with Gasteiger partial charge in [-0.1, -0.05) is 30.0 Å². The van der Waals surface area contributed by atoms with Crippen LogP contribution in [0.25, 0.3) is 0 Å². The smallest absolute Gasteiger partial charge is 0.191 e. The number of nitrogens with zero attached hydrogens (tertiary/aromatic N) is 3. The van der Waals surface area contributed by atoms with Crippen molar-refractivity contribution >= 4 is 11.8 Å². The van der Waals surface area contributed by atoms with Crippen molar-refractivity contribution in [1.82, 2.24) is 14.8 Å². The fourth-order valence-electron chi connectivity index (χ4n) is 1.77. The Morgan fingerprint density at radius 3 is 2.67 bits per heavy atom. The average molecular weight is 309 g/mol. The minimum absolute atomic E-state index is 0.303. The van der Waals surface area contributed by atoms with Crippen LogP contribution < -0.4 is 4.74 Å². The Labute approximate surface area is 127 Å². The lowest BCUT2D eigenvalue weighted by Crippen LogP contribution is -2.08. The van der Waals surface area contributed by atoms with Crippen LogP contribution in [0.5, 0.6) is 5.75 Å². The fourth-order valence-corrected chi connectivity index (χ4v) is 2.77. The number of aliphatic hydroxyl groups is 2. The third-order valence-corrected chi connectivity index (χ3v) is 3.83. The number of rotatable bonds is 8. The molecule has 0 spiro atoms. The average Bonchev–Trinajstić information content (AvgIpc) is 2.88. The van der Waals surface area contributed by atoms with Gasteiger partial charge in [0.15, 0.2) is 17.3 Å². The maximum absolute atomic E-state index is 8.85. The second-order valence-corrected chi connectivity index (χ2v) is 5.42. The molecule has 0 aliphatic carbocycles. The highest BCUT2D eigenvalue weighted by molar-refractivity contribution is 7.99. The van der Waals surface area contributed by atoms with Crippen molar-refractivity contribution in [3.63, 3.8) is 0 Å². The summed E-state index contributed by atoms with van der Waals surface area (Å²) in [5, 5.41) is 26.7. The third kappa shape index (κ3) is 4.73. The number of aliphatic hydroxyl groups excluding tert-OH is 1. The van der Waals surface area contributed by atoms with E-state index in [1.54, 1.807) is 0 Å². The highest BCUT2D eigenvalue weighted by Gasteiger charge is 2.12. The molecule has 1 aromatic carbocycles. The highest BCUT2D eigenvalue weighted by Crippen LogP contribution is 2.19. The van der Waals surface area contributed by atoms with Crippen molar-refractivity contribution in [3.8, 4) is 5.75 Å². The summed E-state index contributed by atoms with van der Waals surface area (Å²) in [5.74, 6) is 2.13. The summed E-state index contributed by atoms with van der Waals surface area (Å²) in [5.41, 5.74) is 0. The first-order valence-corrected chi connectivity index (χ1v) is 7.78. The summed E-state index contributed by atoms with van der Waals surface area (Å²) in [6.07, 6.45) is -0.978. The van der Waals surface area contributed by atoms with Gasteiger partial charge in [0.2, 0.25) is 0 Å². The molecule has 0 aliphatic rings. The zero-order chi connectivity index (χ0) is 15.1. The minimum Gasteiger partial charge on any atom is -0.486 e. The molecule has 0 aliphatic heterocycles. The van der Waals surface area contributed by atoms with Crippen LogP contribution in [0.15, 0.2) is 35.5 Å². The lowest BCUT2D eigenvalue weighted by atomic mass is 10.3. The Morgan fingerprint density at radius 1 is 1.24 bits per heavy atom. The molecule has 6 nitrogen and oxygen atoms in total. The quantitative estimate of drug-likeness (QED) is 0.570. The fraction of sp³-hybridized carbons (Fsp3) is 0.429. The normalized spacial score (nSPS) is 11.0. The van der Waals surface area contributed by atoms with E-state index in [9.17, 15) is 0 Å². The first-order valence-electron chi connectivity index (χ1n) is 6.79. The highest BCUT2D eigenvalue weighted by atomic mass is 32.2. The SMILES string of the molecule is CCn1c(COc2ccccc2)nnc1SCCC(O)O. The number of thioether (sulfide) groups is 1. The predicted molar refractivity (Wildman–Crippen MR) is 80.0 cm³/mol. The van der Waals surface area contributed by atoms with E-state index in [0.717, 1.165) is 23.3 Å². The second-order valence-electron chi connectivity index (χ2n) is 4.36. The van der Waals surface area contributed by atoms with Gasteiger partial charge >= 0.3 is 0 Å². The van der Waals surface area contributed by atoms with E-state index in [4.69, 9.17) is 14.9 Å². The zero-order valence-electron chi connectivity index (χ0n) is 11.8. The van der Waals surface area contributed by atoms with Crippen molar-refractivity contribution in [3.05, 3.63) is 36.2 Å². The van der Waals surface area contributed by atoms with E-state index in [1.807, 2.05) is 41.8 Å². The molecule has 7 heteroatoms. The van der Waals surface area contributed by atoms with Gasteiger partial charge in [-0.25, -0.2) is 0 Å². The summed E-state index contributed by atoms with van der Waals surface area (Å²) >= 11 is 1.46.